The van der Waals surface area contributed by atoms with E-state index in [1.165, 1.54) is 13.0 Å². The van der Waals surface area contributed by atoms with Crippen LogP contribution in [0.4, 0.5) is 4.39 Å². The van der Waals surface area contributed by atoms with Crippen molar-refractivity contribution < 1.29 is 19.4 Å². The van der Waals surface area contributed by atoms with Crippen LogP contribution in [0.1, 0.15) is 24.3 Å². The number of aliphatic hydroxyl groups is 2. The number of thioether (sulfide) groups is 1. The smallest absolute Gasteiger partial charge is 0.213 e. The van der Waals surface area contributed by atoms with Gasteiger partial charge >= 0.3 is 0 Å². The summed E-state index contributed by atoms with van der Waals surface area (Å²) >= 11 is 0.928. The van der Waals surface area contributed by atoms with E-state index in [1.807, 2.05) is 0 Å². The van der Waals surface area contributed by atoms with Gasteiger partial charge in [-0.3, -0.25) is 4.79 Å². The number of carbonyl (C=O) groups excluding carboxylic acids is 1. The van der Waals surface area contributed by atoms with Gasteiger partial charge in [0.25, 0.3) is 0 Å². The molecule has 0 radical (unpaired) electrons. The number of aryl methyl sites for hydroxylation is 1. The largest absolute Gasteiger partial charge is 0.389 e. The highest BCUT2D eigenvalue weighted by molar-refractivity contribution is 8.13. The first kappa shape index (κ1) is 14.1. The van der Waals surface area contributed by atoms with Crippen LogP contribution in [0.3, 0.4) is 0 Å². The van der Waals surface area contributed by atoms with Gasteiger partial charge in [-0.15, -0.1) is 0 Å². The highest BCUT2D eigenvalue weighted by Crippen LogP contribution is 2.22. The van der Waals surface area contributed by atoms with Crippen molar-refractivity contribution in [2.75, 3.05) is 5.75 Å². The minimum Gasteiger partial charge on any atom is -0.389 e. The van der Waals surface area contributed by atoms with Crippen molar-refractivity contribution in [3.8, 4) is 0 Å². The summed E-state index contributed by atoms with van der Waals surface area (Å²) in [6.45, 7) is 2.93. The third kappa shape index (κ3) is 4.07. The van der Waals surface area contributed by atoms with E-state index in [0.717, 1.165) is 17.8 Å². The van der Waals surface area contributed by atoms with Gasteiger partial charge in [0.05, 0.1) is 6.10 Å². The van der Waals surface area contributed by atoms with Crippen LogP contribution >= 0.6 is 11.8 Å². The third-order valence-electron chi connectivity index (χ3n) is 2.23. The second-order valence-corrected chi connectivity index (χ2v) is 4.82. The van der Waals surface area contributed by atoms with E-state index in [-0.39, 0.29) is 10.9 Å². The van der Waals surface area contributed by atoms with Crippen LogP contribution in [-0.2, 0) is 4.79 Å². The Morgan fingerprint density at radius 2 is 2.18 bits per heavy atom. The summed E-state index contributed by atoms with van der Waals surface area (Å²) in [4.78, 5) is 14.3. The minimum absolute atomic E-state index is 0.0906. The first-order valence-corrected chi connectivity index (χ1v) is 6.03. The van der Waals surface area contributed by atoms with Crippen LogP contribution in [0.15, 0.2) is 12.1 Å². The molecule has 1 aromatic heterocycles. The zero-order valence-electron chi connectivity index (χ0n) is 9.55. The van der Waals surface area contributed by atoms with E-state index in [9.17, 15) is 19.4 Å². The van der Waals surface area contributed by atoms with Crippen LogP contribution in [0.2, 0.25) is 0 Å². The molecule has 0 fully saturated rings. The van der Waals surface area contributed by atoms with Gasteiger partial charge in [0, 0.05) is 23.9 Å². The number of aromatic nitrogens is 1. The van der Waals surface area contributed by atoms with Crippen molar-refractivity contribution in [1.82, 2.24) is 4.98 Å². The molecule has 0 amide bonds. The van der Waals surface area contributed by atoms with E-state index >= 15 is 0 Å². The fourth-order valence-electron chi connectivity index (χ4n) is 1.35. The second-order valence-electron chi connectivity index (χ2n) is 3.62. The van der Waals surface area contributed by atoms with Crippen LogP contribution in [0.25, 0.3) is 0 Å². The Balaban J connectivity index is 2.74. The molecule has 0 spiro atoms. The quantitative estimate of drug-likeness (QED) is 0.795. The molecule has 0 aliphatic carbocycles. The highest BCUT2D eigenvalue weighted by Gasteiger charge is 2.21. The van der Waals surface area contributed by atoms with Gasteiger partial charge in [0.2, 0.25) is 5.95 Å². The third-order valence-corrected chi connectivity index (χ3v) is 3.15. The fraction of sp³-hybridized carbons (Fsp3) is 0.455. The average molecular weight is 259 g/mol. The summed E-state index contributed by atoms with van der Waals surface area (Å²) in [6.07, 6.45) is -2.26. The summed E-state index contributed by atoms with van der Waals surface area (Å²) in [6, 6.07) is 2.50. The summed E-state index contributed by atoms with van der Waals surface area (Å²) in [5.41, 5.74) is 0.687. The molecule has 94 valence electrons. The SMILES string of the molecule is CC(=O)SCC(O)C(O)c1ccc(F)nc1C. The number of aliphatic hydroxyl groups excluding tert-OH is 2. The molecule has 4 nitrogen and oxygen atoms in total. The van der Waals surface area contributed by atoms with Crippen LogP contribution in [0, 0.1) is 12.9 Å². The van der Waals surface area contributed by atoms with Gasteiger partial charge in [0.15, 0.2) is 5.12 Å². The molecule has 2 atom stereocenters. The monoisotopic (exact) mass is 259 g/mol. The van der Waals surface area contributed by atoms with E-state index in [4.69, 9.17) is 0 Å². The molecular formula is C11H14FNO3S. The maximum absolute atomic E-state index is 12.8. The molecule has 0 aromatic carbocycles. The number of hydrogen-bond donors (Lipinski definition) is 2. The van der Waals surface area contributed by atoms with Gasteiger partial charge in [-0.2, -0.15) is 4.39 Å². The Labute approximate surface area is 103 Å². The Kier molecular flexibility index (Phi) is 5.04. The van der Waals surface area contributed by atoms with Gasteiger partial charge in [-0.05, 0) is 19.1 Å². The van der Waals surface area contributed by atoms with E-state index < -0.39 is 18.2 Å². The summed E-state index contributed by atoms with van der Waals surface area (Å²) < 4.78 is 12.8. The van der Waals surface area contributed by atoms with E-state index in [1.54, 1.807) is 6.92 Å². The maximum Gasteiger partial charge on any atom is 0.213 e. The molecule has 0 saturated carbocycles. The topological polar surface area (TPSA) is 70.4 Å². The molecule has 2 unspecified atom stereocenters. The Morgan fingerprint density at radius 3 is 2.71 bits per heavy atom. The van der Waals surface area contributed by atoms with Gasteiger partial charge in [-0.25, -0.2) is 4.98 Å². The van der Waals surface area contributed by atoms with Gasteiger partial charge in [0.1, 0.15) is 6.10 Å². The second kappa shape index (κ2) is 6.09. The first-order chi connectivity index (χ1) is 7.91. The molecule has 17 heavy (non-hydrogen) atoms. The molecule has 0 bridgehead atoms. The first-order valence-electron chi connectivity index (χ1n) is 5.04. The van der Waals surface area contributed by atoms with Crippen molar-refractivity contribution >= 4 is 16.9 Å². The predicted octanol–water partition coefficient (Wildman–Crippen LogP) is 1.20. The summed E-state index contributed by atoms with van der Waals surface area (Å²) in [7, 11) is 0. The Morgan fingerprint density at radius 1 is 1.53 bits per heavy atom. The lowest BCUT2D eigenvalue weighted by molar-refractivity contribution is -0.109. The summed E-state index contributed by atoms with van der Waals surface area (Å²) in [5.74, 6) is -0.543. The van der Waals surface area contributed by atoms with Crippen molar-refractivity contribution in [1.29, 1.82) is 0 Å². The highest BCUT2D eigenvalue weighted by atomic mass is 32.2. The zero-order valence-corrected chi connectivity index (χ0v) is 10.4. The standard InChI is InChI=1S/C11H14FNO3S/c1-6-8(3-4-10(12)13-6)11(16)9(15)5-17-7(2)14/h3-4,9,11,15-16H,5H2,1-2H3. The molecule has 0 aliphatic heterocycles. The number of pyridine rings is 1. The molecule has 6 heteroatoms. The van der Waals surface area contributed by atoms with Gasteiger partial charge in [-0.1, -0.05) is 11.8 Å². The van der Waals surface area contributed by atoms with Crippen LogP contribution < -0.4 is 0 Å². The zero-order chi connectivity index (χ0) is 13.0. The van der Waals surface area contributed by atoms with Gasteiger partial charge < -0.3 is 10.2 Å². The fourth-order valence-corrected chi connectivity index (χ4v) is 1.94. The van der Waals surface area contributed by atoms with Crippen molar-refractivity contribution in [2.24, 2.45) is 0 Å². The molecule has 1 heterocycles. The lowest BCUT2D eigenvalue weighted by Gasteiger charge is -2.18. The van der Waals surface area contributed by atoms with Crippen LogP contribution in [-0.4, -0.2) is 32.2 Å². The Bertz CT molecular complexity index is 414. The molecule has 2 N–H and O–H groups in total. The predicted molar refractivity (Wildman–Crippen MR) is 63.0 cm³/mol. The lowest BCUT2D eigenvalue weighted by Crippen LogP contribution is -2.22. The molecule has 0 saturated heterocycles. The van der Waals surface area contributed by atoms with E-state index in [2.05, 4.69) is 4.98 Å². The van der Waals surface area contributed by atoms with Crippen molar-refractivity contribution in [2.45, 2.75) is 26.1 Å². The molecular weight excluding hydrogens is 245 g/mol. The van der Waals surface area contributed by atoms with Crippen LogP contribution in [0.5, 0.6) is 0 Å². The molecule has 0 aliphatic rings. The number of carbonyl (C=O) groups is 1. The van der Waals surface area contributed by atoms with E-state index in [0.29, 0.717) is 11.3 Å². The number of halogens is 1. The number of nitrogens with zero attached hydrogens (tertiary/aromatic N) is 1. The number of hydrogen-bond acceptors (Lipinski definition) is 5. The normalized spacial score (nSPS) is 14.4. The average Bonchev–Trinajstić information content (AvgIpc) is 2.25. The lowest BCUT2D eigenvalue weighted by atomic mass is 10.0. The Hall–Kier alpha value is -0.980. The number of rotatable bonds is 4. The van der Waals surface area contributed by atoms with Crippen molar-refractivity contribution in [3.05, 3.63) is 29.3 Å². The molecule has 1 aromatic rings. The van der Waals surface area contributed by atoms with Crippen molar-refractivity contribution in [3.63, 3.8) is 0 Å². The maximum atomic E-state index is 12.8. The minimum atomic E-state index is -1.17. The summed E-state index contributed by atoms with van der Waals surface area (Å²) in [5, 5.41) is 19.4. The molecule has 1 rings (SSSR count).